The number of hydrogen-bond acceptors (Lipinski definition) is 3. The van der Waals surface area contributed by atoms with E-state index in [0.29, 0.717) is 12.5 Å². The van der Waals surface area contributed by atoms with Crippen LogP contribution in [0.2, 0.25) is 0 Å². The van der Waals surface area contributed by atoms with Gasteiger partial charge in [-0.1, -0.05) is 12.1 Å². The summed E-state index contributed by atoms with van der Waals surface area (Å²) >= 11 is 0. The first-order valence-corrected chi connectivity index (χ1v) is 10.1. The van der Waals surface area contributed by atoms with Gasteiger partial charge in [-0.25, -0.2) is 9.37 Å². The molecule has 4 heterocycles. The van der Waals surface area contributed by atoms with Crippen molar-refractivity contribution in [3.05, 3.63) is 72.4 Å². The van der Waals surface area contributed by atoms with Crippen LogP contribution in [0.15, 0.2) is 61.1 Å². The highest BCUT2D eigenvalue weighted by Gasteiger charge is 2.34. The SMILES string of the molecule is C[C@H]1C[C@@H](Cn2ccc3nc(-c4cn[nH]c4)ccc32)CN1C(=O)c1ccccc1F. The second kappa shape index (κ2) is 7.40. The molecule has 0 bridgehead atoms. The summed E-state index contributed by atoms with van der Waals surface area (Å²) in [6.45, 7) is 3.45. The number of amides is 1. The zero-order valence-electron chi connectivity index (χ0n) is 16.6. The van der Waals surface area contributed by atoms with E-state index in [9.17, 15) is 9.18 Å². The van der Waals surface area contributed by atoms with E-state index in [0.717, 1.165) is 35.3 Å². The minimum absolute atomic E-state index is 0.0785. The molecule has 7 heteroatoms. The maximum atomic E-state index is 14.1. The third-order valence-corrected chi connectivity index (χ3v) is 5.90. The molecule has 1 fully saturated rings. The highest BCUT2D eigenvalue weighted by atomic mass is 19.1. The molecule has 5 rings (SSSR count). The Morgan fingerprint density at radius 3 is 2.90 bits per heavy atom. The van der Waals surface area contributed by atoms with Crippen molar-refractivity contribution >= 4 is 16.9 Å². The molecule has 152 valence electrons. The lowest BCUT2D eigenvalue weighted by Gasteiger charge is -2.22. The van der Waals surface area contributed by atoms with Crippen LogP contribution in [-0.2, 0) is 6.54 Å². The van der Waals surface area contributed by atoms with Crippen molar-refractivity contribution in [3.63, 3.8) is 0 Å². The molecule has 0 aliphatic carbocycles. The fourth-order valence-electron chi connectivity index (χ4n) is 4.41. The van der Waals surface area contributed by atoms with Gasteiger partial charge < -0.3 is 9.47 Å². The van der Waals surface area contributed by atoms with Crippen LogP contribution in [0.5, 0.6) is 0 Å². The number of benzene rings is 1. The van der Waals surface area contributed by atoms with Crippen molar-refractivity contribution in [1.82, 2.24) is 24.6 Å². The minimum atomic E-state index is -0.464. The molecule has 0 saturated carbocycles. The summed E-state index contributed by atoms with van der Waals surface area (Å²) in [5, 5.41) is 6.79. The summed E-state index contributed by atoms with van der Waals surface area (Å²) in [5.74, 6) is -0.388. The third-order valence-electron chi connectivity index (χ3n) is 5.90. The van der Waals surface area contributed by atoms with Gasteiger partial charge in [0.05, 0.1) is 28.5 Å². The van der Waals surface area contributed by atoms with E-state index in [1.54, 1.807) is 29.3 Å². The number of H-pyrrole nitrogens is 1. The normalized spacial score (nSPS) is 18.9. The summed E-state index contributed by atoms with van der Waals surface area (Å²) < 4.78 is 16.3. The fraction of sp³-hybridized carbons (Fsp3) is 0.261. The maximum Gasteiger partial charge on any atom is 0.257 e. The number of likely N-dealkylation sites (tertiary alicyclic amines) is 1. The van der Waals surface area contributed by atoms with Crippen LogP contribution in [0, 0.1) is 11.7 Å². The molecule has 1 aromatic carbocycles. The van der Waals surface area contributed by atoms with Gasteiger partial charge in [-0.3, -0.25) is 9.89 Å². The van der Waals surface area contributed by atoms with E-state index in [1.807, 2.05) is 31.5 Å². The molecule has 0 radical (unpaired) electrons. The first-order valence-electron chi connectivity index (χ1n) is 10.1. The zero-order valence-corrected chi connectivity index (χ0v) is 16.6. The predicted molar refractivity (Wildman–Crippen MR) is 112 cm³/mol. The molecule has 1 amide bonds. The lowest BCUT2D eigenvalue weighted by Crippen LogP contribution is -2.34. The van der Waals surface area contributed by atoms with Gasteiger partial charge in [0.2, 0.25) is 0 Å². The average Bonchev–Trinajstić information content (AvgIpc) is 3.48. The molecule has 1 saturated heterocycles. The summed E-state index contributed by atoms with van der Waals surface area (Å²) in [7, 11) is 0. The second-order valence-electron chi connectivity index (χ2n) is 7.94. The average molecular weight is 403 g/mol. The van der Waals surface area contributed by atoms with Gasteiger partial charge >= 0.3 is 0 Å². The van der Waals surface area contributed by atoms with Crippen LogP contribution in [0.25, 0.3) is 22.3 Å². The van der Waals surface area contributed by atoms with E-state index in [1.165, 1.54) is 6.07 Å². The number of carbonyl (C=O) groups is 1. The van der Waals surface area contributed by atoms with Gasteiger partial charge in [0, 0.05) is 37.1 Å². The molecule has 0 unspecified atom stereocenters. The monoisotopic (exact) mass is 403 g/mol. The Labute approximate surface area is 173 Å². The van der Waals surface area contributed by atoms with Crippen molar-refractivity contribution in [2.24, 2.45) is 5.92 Å². The Morgan fingerprint density at radius 2 is 2.10 bits per heavy atom. The van der Waals surface area contributed by atoms with Crippen molar-refractivity contribution in [2.45, 2.75) is 25.9 Å². The number of halogens is 1. The van der Waals surface area contributed by atoms with E-state index in [2.05, 4.69) is 20.8 Å². The summed E-state index contributed by atoms with van der Waals surface area (Å²) in [5.41, 5.74) is 3.97. The second-order valence-corrected chi connectivity index (χ2v) is 7.94. The van der Waals surface area contributed by atoms with Crippen LogP contribution in [0.4, 0.5) is 4.39 Å². The number of nitrogens with one attached hydrogen (secondary N) is 1. The maximum absolute atomic E-state index is 14.1. The van der Waals surface area contributed by atoms with Gasteiger partial charge in [-0.05, 0) is 49.6 Å². The Bertz CT molecular complexity index is 1200. The van der Waals surface area contributed by atoms with Crippen LogP contribution in [-0.4, -0.2) is 43.1 Å². The van der Waals surface area contributed by atoms with E-state index >= 15 is 0 Å². The largest absolute Gasteiger partial charge is 0.346 e. The Hall–Kier alpha value is -3.48. The molecule has 1 aliphatic heterocycles. The van der Waals surface area contributed by atoms with Gasteiger partial charge in [0.25, 0.3) is 5.91 Å². The number of pyridine rings is 1. The first-order chi connectivity index (χ1) is 14.6. The van der Waals surface area contributed by atoms with Gasteiger partial charge in [-0.2, -0.15) is 5.10 Å². The minimum Gasteiger partial charge on any atom is -0.346 e. The molecule has 0 spiro atoms. The van der Waals surface area contributed by atoms with Crippen LogP contribution < -0.4 is 0 Å². The third kappa shape index (κ3) is 3.26. The molecule has 6 nitrogen and oxygen atoms in total. The topological polar surface area (TPSA) is 66.8 Å². The van der Waals surface area contributed by atoms with Gasteiger partial charge in [-0.15, -0.1) is 0 Å². The molecule has 2 atom stereocenters. The Balaban J connectivity index is 1.33. The molecule has 30 heavy (non-hydrogen) atoms. The van der Waals surface area contributed by atoms with Crippen LogP contribution >= 0.6 is 0 Å². The van der Waals surface area contributed by atoms with Crippen molar-refractivity contribution < 1.29 is 9.18 Å². The number of hydrogen-bond donors (Lipinski definition) is 1. The Kier molecular flexibility index (Phi) is 4.58. The number of nitrogens with zero attached hydrogens (tertiary/aromatic N) is 4. The number of rotatable bonds is 4. The predicted octanol–water partition coefficient (Wildman–Crippen LogP) is 4.12. The van der Waals surface area contributed by atoms with Crippen molar-refractivity contribution in [3.8, 4) is 11.3 Å². The van der Waals surface area contributed by atoms with Crippen LogP contribution in [0.1, 0.15) is 23.7 Å². The molecule has 3 aromatic heterocycles. The summed E-state index contributed by atoms with van der Waals surface area (Å²) in [6.07, 6.45) is 6.52. The molecule has 1 N–H and O–H groups in total. The first kappa shape index (κ1) is 18.5. The highest BCUT2D eigenvalue weighted by molar-refractivity contribution is 5.94. The number of carbonyl (C=O) groups excluding carboxylic acids is 1. The molecular formula is C23H22FN5O. The zero-order chi connectivity index (χ0) is 20.7. The standard InChI is InChI=1S/C23H22FN5O/c1-15-10-16(14-29(15)23(30)18-4-2-3-5-19(18)24)13-28-9-8-21-22(28)7-6-20(27-21)17-11-25-26-12-17/h2-9,11-12,15-16H,10,13-14H2,1H3,(H,25,26)/t15-,16-/m0/s1. The Morgan fingerprint density at radius 1 is 1.23 bits per heavy atom. The van der Waals surface area contributed by atoms with E-state index < -0.39 is 5.82 Å². The van der Waals surface area contributed by atoms with Gasteiger partial charge in [0.15, 0.2) is 0 Å². The quantitative estimate of drug-likeness (QED) is 0.557. The molecule has 1 aliphatic rings. The van der Waals surface area contributed by atoms with Gasteiger partial charge in [0.1, 0.15) is 5.82 Å². The van der Waals surface area contributed by atoms with E-state index in [4.69, 9.17) is 4.98 Å². The number of fused-ring (bicyclic) bond motifs is 1. The summed E-state index contributed by atoms with van der Waals surface area (Å²) in [4.78, 5) is 19.4. The smallest absolute Gasteiger partial charge is 0.257 e. The van der Waals surface area contributed by atoms with Crippen LogP contribution in [0.3, 0.4) is 0 Å². The highest BCUT2D eigenvalue weighted by Crippen LogP contribution is 2.28. The molecular weight excluding hydrogens is 381 g/mol. The summed E-state index contributed by atoms with van der Waals surface area (Å²) in [6, 6.07) is 12.4. The van der Waals surface area contributed by atoms with Crippen molar-refractivity contribution in [1.29, 1.82) is 0 Å². The van der Waals surface area contributed by atoms with Crippen molar-refractivity contribution in [2.75, 3.05) is 6.54 Å². The fourth-order valence-corrected chi connectivity index (χ4v) is 4.41. The lowest BCUT2D eigenvalue weighted by molar-refractivity contribution is 0.0737. The number of aromatic nitrogens is 4. The number of aromatic amines is 1. The molecule has 4 aromatic rings. The lowest BCUT2D eigenvalue weighted by atomic mass is 10.1. The van der Waals surface area contributed by atoms with E-state index in [-0.39, 0.29) is 17.5 Å².